The SMILES string of the molecule is CCn1ncc(Cl)c1C(O)c1csc2ccccc12. The van der Waals surface area contributed by atoms with Crippen molar-refractivity contribution >= 4 is 33.0 Å². The zero-order chi connectivity index (χ0) is 13.4. The van der Waals surface area contributed by atoms with Crippen LogP contribution in [0.3, 0.4) is 0 Å². The quantitative estimate of drug-likeness (QED) is 0.796. The number of aromatic nitrogens is 2. The van der Waals surface area contributed by atoms with Crippen LogP contribution >= 0.6 is 22.9 Å². The Morgan fingerprint density at radius 2 is 2.21 bits per heavy atom. The lowest BCUT2D eigenvalue weighted by Crippen LogP contribution is -2.09. The highest BCUT2D eigenvalue weighted by molar-refractivity contribution is 7.17. The Morgan fingerprint density at radius 1 is 1.42 bits per heavy atom. The fraction of sp³-hybridized carbons (Fsp3) is 0.214. The van der Waals surface area contributed by atoms with Gasteiger partial charge in [-0.25, -0.2) is 0 Å². The monoisotopic (exact) mass is 292 g/mol. The Bertz CT molecular complexity index is 719. The van der Waals surface area contributed by atoms with Gasteiger partial charge in [-0.2, -0.15) is 5.10 Å². The zero-order valence-corrected chi connectivity index (χ0v) is 11.9. The summed E-state index contributed by atoms with van der Waals surface area (Å²) in [6.45, 7) is 2.66. The molecule has 0 fully saturated rings. The van der Waals surface area contributed by atoms with Gasteiger partial charge in [0, 0.05) is 16.8 Å². The lowest BCUT2D eigenvalue weighted by atomic mass is 10.1. The van der Waals surface area contributed by atoms with Crippen LogP contribution in [0.15, 0.2) is 35.8 Å². The number of nitrogens with zero attached hydrogens (tertiary/aromatic N) is 2. The van der Waals surface area contributed by atoms with Gasteiger partial charge in [0.25, 0.3) is 0 Å². The van der Waals surface area contributed by atoms with Gasteiger partial charge in [-0.05, 0) is 23.8 Å². The maximum absolute atomic E-state index is 10.6. The Balaban J connectivity index is 2.13. The van der Waals surface area contributed by atoms with Crippen molar-refractivity contribution in [3.05, 3.63) is 52.1 Å². The molecule has 98 valence electrons. The van der Waals surface area contributed by atoms with E-state index in [0.29, 0.717) is 17.3 Å². The molecule has 2 heterocycles. The fourth-order valence-corrected chi connectivity index (χ4v) is 3.48. The molecule has 5 heteroatoms. The molecule has 1 unspecified atom stereocenters. The smallest absolute Gasteiger partial charge is 0.124 e. The molecule has 0 saturated carbocycles. The number of hydrogen-bond donors (Lipinski definition) is 1. The van der Waals surface area contributed by atoms with Gasteiger partial charge in [-0.1, -0.05) is 29.8 Å². The Kier molecular flexibility index (Phi) is 3.31. The summed E-state index contributed by atoms with van der Waals surface area (Å²) in [5, 5.41) is 18.4. The molecular formula is C14H13ClN2OS. The lowest BCUT2D eigenvalue weighted by molar-refractivity contribution is 0.210. The first-order chi connectivity index (χ1) is 9.22. The molecule has 0 radical (unpaired) electrons. The lowest BCUT2D eigenvalue weighted by Gasteiger charge is -2.12. The summed E-state index contributed by atoms with van der Waals surface area (Å²) in [5.41, 5.74) is 1.55. The molecule has 0 aliphatic heterocycles. The Morgan fingerprint density at radius 3 is 3.00 bits per heavy atom. The van der Waals surface area contributed by atoms with E-state index in [-0.39, 0.29) is 0 Å². The summed E-state index contributed by atoms with van der Waals surface area (Å²) in [6, 6.07) is 8.04. The second-order valence-corrected chi connectivity index (χ2v) is 5.60. The fourth-order valence-electron chi connectivity index (χ4n) is 2.25. The van der Waals surface area contributed by atoms with Gasteiger partial charge in [0.1, 0.15) is 6.10 Å². The van der Waals surface area contributed by atoms with Crippen LogP contribution in [0.1, 0.15) is 24.3 Å². The van der Waals surface area contributed by atoms with Crippen LogP contribution in [0.2, 0.25) is 5.02 Å². The first-order valence-electron chi connectivity index (χ1n) is 6.07. The van der Waals surface area contributed by atoms with Crippen LogP contribution in [-0.4, -0.2) is 14.9 Å². The second kappa shape index (κ2) is 4.96. The second-order valence-electron chi connectivity index (χ2n) is 4.28. The van der Waals surface area contributed by atoms with Crippen LogP contribution < -0.4 is 0 Å². The van der Waals surface area contributed by atoms with Crippen LogP contribution in [0.4, 0.5) is 0 Å². The molecule has 1 N–H and O–H groups in total. The highest BCUT2D eigenvalue weighted by Crippen LogP contribution is 2.35. The number of rotatable bonds is 3. The summed E-state index contributed by atoms with van der Waals surface area (Å²) in [7, 11) is 0. The van der Waals surface area contributed by atoms with Crippen LogP contribution in [0.5, 0.6) is 0 Å². The van der Waals surface area contributed by atoms with E-state index in [1.165, 1.54) is 0 Å². The molecule has 0 aliphatic rings. The number of halogens is 1. The molecule has 1 atom stereocenters. The highest BCUT2D eigenvalue weighted by Gasteiger charge is 2.21. The normalized spacial score (nSPS) is 13.0. The molecule has 0 aliphatic carbocycles. The predicted octanol–water partition coefficient (Wildman–Crippen LogP) is 3.85. The maximum atomic E-state index is 10.6. The molecule has 0 saturated heterocycles. The van der Waals surface area contributed by atoms with Crippen molar-refractivity contribution in [3.8, 4) is 0 Å². The number of hydrogen-bond acceptors (Lipinski definition) is 3. The third-order valence-electron chi connectivity index (χ3n) is 3.20. The van der Waals surface area contributed by atoms with Crippen LogP contribution in [0.25, 0.3) is 10.1 Å². The topological polar surface area (TPSA) is 38.0 Å². The minimum atomic E-state index is -0.744. The number of fused-ring (bicyclic) bond motifs is 1. The third-order valence-corrected chi connectivity index (χ3v) is 4.47. The van der Waals surface area contributed by atoms with Crippen LogP contribution in [-0.2, 0) is 6.54 Å². The van der Waals surface area contributed by atoms with E-state index in [4.69, 9.17) is 11.6 Å². The Labute approximate surface area is 120 Å². The molecule has 0 amide bonds. The van der Waals surface area contributed by atoms with Crippen molar-refractivity contribution in [1.29, 1.82) is 0 Å². The standard InChI is InChI=1S/C14H13ClN2OS/c1-2-17-13(11(15)7-16-17)14(18)10-8-19-12-6-4-3-5-9(10)12/h3-8,14,18H,2H2,1H3. The number of aryl methyl sites for hydroxylation is 1. The summed E-state index contributed by atoms with van der Waals surface area (Å²) in [6.07, 6.45) is 0.837. The minimum absolute atomic E-state index is 0.504. The maximum Gasteiger partial charge on any atom is 0.124 e. The number of thiophene rings is 1. The average molecular weight is 293 g/mol. The molecule has 2 aromatic heterocycles. The van der Waals surface area contributed by atoms with Gasteiger partial charge < -0.3 is 5.11 Å². The first kappa shape index (κ1) is 12.7. The zero-order valence-electron chi connectivity index (χ0n) is 10.4. The first-order valence-corrected chi connectivity index (χ1v) is 7.33. The van der Waals surface area contributed by atoms with E-state index in [0.717, 1.165) is 15.6 Å². The van der Waals surface area contributed by atoms with E-state index in [2.05, 4.69) is 11.2 Å². The minimum Gasteiger partial charge on any atom is -0.382 e. The van der Waals surface area contributed by atoms with Gasteiger partial charge in [-0.15, -0.1) is 11.3 Å². The average Bonchev–Trinajstić information content (AvgIpc) is 3.01. The summed E-state index contributed by atoms with van der Waals surface area (Å²) >= 11 is 7.77. The van der Waals surface area contributed by atoms with E-state index >= 15 is 0 Å². The molecule has 3 rings (SSSR count). The predicted molar refractivity (Wildman–Crippen MR) is 78.8 cm³/mol. The van der Waals surface area contributed by atoms with Gasteiger partial charge in [0.05, 0.1) is 16.9 Å². The van der Waals surface area contributed by atoms with E-state index in [1.807, 2.05) is 30.5 Å². The third kappa shape index (κ3) is 2.06. The highest BCUT2D eigenvalue weighted by atomic mass is 35.5. The Hall–Kier alpha value is -1.36. The number of aliphatic hydroxyl groups is 1. The molecule has 1 aromatic carbocycles. The van der Waals surface area contributed by atoms with E-state index in [9.17, 15) is 5.11 Å². The molecule has 0 bridgehead atoms. The molecule has 3 aromatic rings. The summed E-state index contributed by atoms with van der Waals surface area (Å²) in [4.78, 5) is 0. The van der Waals surface area contributed by atoms with Crippen molar-refractivity contribution in [2.24, 2.45) is 0 Å². The number of benzene rings is 1. The summed E-state index contributed by atoms with van der Waals surface area (Å²) in [5.74, 6) is 0. The van der Waals surface area contributed by atoms with E-state index in [1.54, 1.807) is 22.2 Å². The largest absolute Gasteiger partial charge is 0.382 e. The van der Waals surface area contributed by atoms with Crippen LogP contribution in [0, 0.1) is 0 Å². The molecular weight excluding hydrogens is 280 g/mol. The molecule has 0 spiro atoms. The van der Waals surface area contributed by atoms with Gasteiger partial charge >= 0.3 is 0 Å². The number of aliphatic hydroxyl groups excluding tert-OH is 1. The molecule has 19 heavy (non-hydrogen) atoms. The van der Waals surface area contributed by atoms with Crippen molar-refractivity contribution in [1.82, 2.24) is 9.78 Å². The van der Waals surface area contributed by atoms with Crippen molar-refractivity contribution in [2.75, 3.05) is 0 Å². The van der Waals surface area contributed by atoms with Crippen molar-refractivity contribution in [2.45, 2.75) is 19.6 Å². The van der Waals surface area contributed by atoms with Crippen molar-refractivity contribution in [3.63, 3.8) is 0 Å². The van der Waals surface area contributed by atoms with Gasteiger partial charge in [0.2, 0.25) is 0 Å². The summed E-state index contributed by atoms with van der Waals surface area (Å²) < 4.78 is 2.90. The molecule has 3 nitrogen and oxygen atoms in total. The van der Waals surface area contributed by atoms with Gasteiger partial charge in [0.15, 0.2) is 0 Å². The van der Waals surface area contributed by atoms with Gasteiger partial charge in [-0.3, -0.25) is 4.68 Å². The van der Waals surface area contributed by atoms with E-state index < -0.39 is 6.10 Å². The van der Waals surface area contributed by atoms with Crippen molar-refractivity contribution < 1.29 is 5.11 Å².